The van der Waals surface area contributed by atoms with Crippen molar-refractivity contribution < 1.29 is 0 Å². The lowest BCUT2D eigenvalue weighted by Crippen LogP contribution is -1.99. The molecule has 0 saturated heterocycles. The number of nitrogens with zero attached hydrogens (tertiary/aromatic N) is 1. The van der Waals surface area contributed by atoms with E-state index in [0.717, 1.165) is 5.75 Å². The lowest BCUT2D eigenvalue weighted by atomic mass is 9.96. The van der Waals surface area contributed by atoms with Gasteiger partial charge in [0.25, 0.3) is 0 Å². The summed E-state index contributed by atoms with van der Waals surface area (Å²) in [6.45, 7) is 0. The van der Waals surface area contributed by atoms with Crippen LogP contribution in [0.1, 0.15) is 11.1 Å². The van der Waals surface area contributed by atoms with Gasteiger partial charge in [0.05, 0.1) is 0 Å². The monoisotopic (exact) mass is 251 g/mol. The summed E-state index contributed by atoms with van der Waals surface area (Å²) in [4.78, 5) is 0. The second kappa shape index (κ2) is 5.23. The van der Waals surface area contributed by atoms with Gasteiger partial charge in [-0.15, -0.1) is 0 Å². The Bertz CT molecular complexity index is 585. The molecule has 1 nitrogen and oxygen atoms in total. The highest BCUT2D eigenvalue weighted by atomic mass is 32.2. The highest BCUT2D eigenvalue weighted by Crippen LogP contribution is 2.31. The number of allylic oxidation sites excluding steroid dienone is 1. The van der Waals surface area contributed by atoms with E-state index in [2.05, 4.69) is 59.0 Å². The van der Waals surface area contributed by atoms with Gasteiger partial charge in [0.15, 0.2) is 0 Å². The van der Waals surface area contributed by atoms with Crippen LogP contribution in [-0.2, 0) is 0 Å². The summed E-state index contributed by atoms with van der Waals surface area (Å²) >= 11 is 1.61. The molecule has 0 unspecified atom stereocenters. The van der Waals surface area contributed by atoms with Gasteiger partial charge in [-0.25, -0.2) is 4.40 Å². The zero-order valence-corrected chi connectivity index (χ0v) is 10.7. The molecule has 2 heteroatoms. The molecule has 0 bridgehead atoms. The summed E-state index contributed by atoms with van der Waals surface area (Å²) in [6.07, 6.45) is 1.98. The predicted molar refractivity (Wildman–Crippen MR) is 80.6 cm³/mol. The van der Waals surface area contributed by atoms with Gasteiger partial charge in [0.2, 0.25) is 0 Å². The molecule has 88 valence electrons. The van der Waals surface area contributed by atoms with Crippen LogP contribution in [0.15, 0.2) is 65.1 Å². The van der Waals surface area contributed by atoms with Crippen LogP contribution in [-0.4, -0.2) is 12.0 Å². The van der Waals surface area contributed by atoms with Crippen LogP contribution in [0.2, 0.25) is 0 Å². The van der Waals surface area contributed by atoms with Crippen molar-refractivity contribution in [3.63, 3.8) is 0 Å². The summed E-state index contributed by atoms with van der Waals surface area (Å²) in [5, 5.41) is 0. The average Bonchev–Trinajstić information content (AvgIpc) is 2.49. The second-order valence-electron chi connectivity index (χ2n) is 4.13. The fraction of sp³-hybridized carbons (Fsp3) is 0.0625. The molecule has 1 heterocycles. The first-order valence-electron chi connectivity index (χ1n) is 5.94. The van der Waals surface area contributed by atoms with Gasteiger partial charge in [0.1, 0.15) is 0 Å². The van der Waals surface area contributed by atoms with Crippen LogP contribution in [0.5, 0.6) is 0 Å². The summed E-state index contributed by atoms with van der Waals surface area (Å²) in [6, 6.07) is 21.0. The molecule has 0 spiro atoms. The van der Waals surface area contributed by atoms with Crippen molar-refractivity contribution >= 4 is 29.3 Å². The highest BCUT2D eigenvalue weighted by Gasteiger charge is 2.13. The zero-order chi connectivity index (χ0) is 12.2. The fourth-order valence-corrected chi connectivity index (χ4v) is 2.80. The topological polar surface area (TPSA) is 12.4 Å². The van der Waals surface area contributed by atoms with Crippen molar-refractivity contribution in [3.8, 4) is 0 Å². The largest absolute Gasteiger partial charge is 0.224 e. The van der Waals surface area contributed by atoms with Gasteiger partial charge in [-0.2, -0.15) is 0 Å². The molecule has 3 rings (SSSR count). The van der Waals surface area contributed by atoms with Crippen molar-refractivity contribution in [1.29, 1.82) is 0 Å². The van der Waals surface area contributed by atoms with E-state index in [1.54, 1.807) is 11.9 Å². The van der Waals surface area contributed by atoms with E-state index in [-0.39, 0.29) is 0 Å². The zero-order valence-electron chi connectivity index (χ0n) is 9.91. The molecule has 18 heavy (non-hydrogen) atoms. The van der Waals surface area contributed by atoms with Crippen LogP contribution in [0.25, 0.3) is 11.1 Å². The van der Waals surface area contributed by atoms with E-state index in [0.29, 0.717) is 0 Å². The van der Waals surface area contributed by atoms with Crippen LogP contribution in [0, 0.1) is 0 Å². The molecule has 0 atom stereocenters. The highest BCUT2D eigenvalue weighted by molar-refractivity contribution is 7.98. The van der Waals surface area contributed by atoms with Gasteiger partial charge in [0, 0.05) is 17.5 Å². The van der Waals surface area contributed by atoms with Crippen LogP contribution in [0.3, 0.4) is 0 Å². The average molecular weight is 251 g/mol. The molecule has 0 N–H and O–H groups in total. The maximum atomic E-state index is 4.34. The number of benzene rings is 2. The van der Waals surface area contributed by atoms with Crippen LogP contribution < -0.4 is 0 Å². The molecule has 0 amide bonds. The Balaban J connectivity index is 2.13. The van der Waals surface area contributed by atoms with Gasteiger partial charge >= 0.3 is 0 Å². The first-order chi connectivity index (χ1) is 8.95. The van der Waals surface area contributed by atoms with E-state index in [1.165, 1.54) is 22.3 Å². The molecular formula is C16H13NS. The standard InChI is InChI=1S/C16H13NS/c1-3-7-13(8-4-1)15-11-17-18-12-16(15)14-9-5-2-6-10-14/h1-11H,12H2. The van der Waals surface area contributed by atoms with E-state index >= 15 is 0 Å². The van der Waals surface area contributed by atoms with E-state index in [1.807, 2.05) is 12.3 Å². The van der Waals surface area contributed by atoms with E-state index < -0.39 is 0 Å². The van der Waals surface area contributed by atoms with E-state index in [9.17, 15) is 0 Å². The number of hydrogen-bond acceptors (Lipinski definition) is 2. The molecule has 0 aromatic heterocycles. The Labute approximate surface area is 111 Å². The van der Waals surface area contributed by atoms with Crippen molar-refractivity contribution in [1.82, 2.24) is 0 Å². The SMILES string of the molecule is C1=NSCC(c2ccccc2)=C1c1ccccc1. The van der Waals surface area contributed by atoms with Crippen molar-refractivity contribution in [2.45, 2.75) is 0 Å². The molecule has 1 aliphatic heterocycles. The minimum atomic E-state index is 0.935. The Morgan fingerprint density at radius 1 is 0.778 bits per heavy atom. The van der Waals surface area contributed by atoms with E-state index in [4.69, 9.17) is 0 Å². The molecule has 0 saturated carbocycles. The van der Waals surface area contributed by atoms with Crippen LogP contribution in [0.4, 0.5) is 0 Å². The lowest BCUT2D eigenvalue weighted by Gasteiger charge is -2.15. The molecule has 0 aliphatic carbocycles. The van der Waals surface area contributed by atoms with Crippen molar-refractivity contribution in [2.24, 2.45) is 4.40 Å². The minimum Gasteiger partial charge on any atom is -0.224 e. The van der Waals surface area contributed by atoms with Crippen LogP contribution >= 0.6 is 11.9 Å². The number of hydrogen-bond donors (Lipinski definition) is 0. The Kier molecular flexibility index (Phi) is 3.29. The summed E-state index contributed by atoms with van der Waals surface area (Å²) in [5.74, 6) is 0.935. The first kappa shape index (κ1) is 11.3. The lowest BCUT2D eigenvalue weighted by molar-refractivity contribution is 1.55. The summed E-state index contributed by atoms with van der Waals surface area (Å²) in [5.41, 5.74) is 5.12. The van der Waals surface area contributed by atoms with Gasteiger partial charge in [-0.3, -0.25) is 0 Å². The third kappa shape index (κ3) is 2.24. The third-order valence-electron chi connectivity index (χ3n) is 3.00. The van der Waals surface area contributed by atoms with Gasteiger partial charge in [-0.1, -0.05) is 60.7 Å². The molecular weight excluding hydrogens is 238 g/mol. The summed E-state index contributed by atoms with van der Waals surface area (Å²) in [7, 11) is 0. The molecule has 2 aromatic rings. The first-order valence-corrected chi connectivity index (χ1v) is 6.89. The maximum Gasteiger partial charge on any atom is 0.0433 e. The Hall–Kier alpha value is -1.80. The minimum absolute atomic E-state index is 0.935. The third-order valence-corrected chi connectivity index (χ3v) is 3.67. The molecule has 0 fully saturated rings. The molecule has 0 radical (unpaired) electrons. The summed E-state index contributed by atoms with van der Waals surface area (Å²) < 4.78 is 4.34. The smallest absolute Gasteiger partial charge is 0.0433 e. The fourth-order valence-electron chi connectivity index (χ4n) is 2.09. The predicted octanol–water partition coefficient (Wildman–Crippen LogP) is 4.33. The van der Waals surface area contributed by atoms with Crippen molar-refractivity contribution in [2.75, 3.05) is 5.75 Å². The van der Waals surface area contributed by atoms with Gasteiger partial charge in [-0.05, 0) is 28.6 Å². The molecule has 2 aromatic carbocycles. The van der Waals surface area contributed by atoms with Gasteiger partial charge < -0.3 is 0 Å². The molecule has 1 aliphatic rings. The number of rotatable bonds is 2. The normalized spacial score (nSPS) is 14.9. The Morgan fingerprint density at radius 2 is 1.39 bits per heavy atom. The maximum absolute atomic E-state index is 4.34. The van der Waals surface area contributed by atoms with Crippen molar-refractivity contribution in [3.05, 3.63) is 71.8 Å². The second-order valence-corrected chi connectivity index (χ2v) is 4.89. The quantitative estimate of drug-likeness (QED) is 0.724. The Morgan fingerprint density at radius 3 is 2.06 bits per heavy atom.